The maximum Gasteiger partial charge on any atom is 0.354 e. The van der Waals surface area contributed by atoms with E-state index in [-0.39, 0.29) is 17.6 Å². The summed E-state index contributed by atoms with van der Waals surface area (Å²) < 4.78 is 0. The van der Waals surface area contributed by atoms with Gasteiger partial charge in [-0.1, -0.05) is 6.07 Å². The van der Waals surface area contributed by atoms with E-state index in [0.29, 0.717) is 5.56 Å². The summed E-state index contributed by atoms with van der Waals surface area (Å²) in [6.45, 7) is 0.724. The number of thiophene rings is 1. The second kappa shape index (κ2) is 5.65. The number of aromatic carboxylic acids is 1. The van der Waals surface area contributed by atoms with Crippen molar-refractivity contribution in [2.45, 2.75) is 18.9 Å². The van der Waals surface area contributed by atoms with Crippen molar-refractivity contribution < 1.29 is 14.7 Å². The van der Waals surface area contributed by atoms with E-state index in [4.69, 9.17) is 5.11 Å². The van der Waals surface area contributed by atoms with Gasteiger partial charge in [0.1, 0.15) is 5.69 Å². The molecular weight excluding hydrogens is 288 g/mol. The second-order valence-electron chi connectivity index (χ2n) is 4.91. The third-order valence-corrected chi connectivity index (χ3v) is 4.59. The van der Waals surface area contributed by atoms with Crippen molar-refractivity contribution in [2.24, 2.45) is 0 Å². The SMILES string of the molecule is O=C(O)c1ccc(C(=O)N2CCC[C@@H]2c2cccs2)cn1. The number of likely N-dealkylation sites (tertiary alicyclic amines) is 1. The van der Waals surface area contributed by atoms with Gasteiger partial charge in [-0.25, -0.2) is 9.78 Å². The van der Waals surface area contributed by atoms with Crippen LogP contribution in [0.5, 0.6) is 0 Å². The molecule has 3 rings (SSSR count). The standard InChI is InChI=1S/C15H14N2O3S/c18-14(10-5-6-11(15(19)20)16-9-10)17-7-1-3-12(17)13-4-2-8-21-13/h2,4-6,8-9,12H,1,3,7H2,(H,19,20)/t12-/m1/s1. The average Bonchev–Trinajstić information content (AvgIpc) is 3.17. The fourth-order valence-corrected chi connectivity index (χ4v) is 3.47. The number of amides is 1. The van der Waals surface area contributed by atoms with Crippen molar-refractivity contribution >= 4 is 23.2 Å². The van der Waals surface area contributed by atoms with Crippen molar-refractivity contribution in [3.63, 3.8) is 0 Å². The molecular formula is C15H14N2O3S. The van der Waals surface area contributed by atoms with Crippen molar-refractivity contribution in [1.29, 1.82) is 0 Å². The first-order valence-electron chi connectivity index (χ1n) is 6.70. The fraction of sp³-hybridized carbons (Fsp3) is 0.267. The summed E-state index contributed by atoms with van der Waals surface area (Å²) in [4.78, 5) is 30.2. The number of hydrogen-bond donors (Lipinski definition) is 1. The fourth-order valence-electron chi connectivity index (χ4n) is 2.60. The first-order valence-corrected chi connectivity index (χ1v) is 7.58. The van der Waals surface area contributed by atoms with Crippen LogP contribution in [0.25, 0.3) is 0 Å². The van der Waals surface area contributed by atoms with Gasteiger partial charge in [0.05, 0.1) is 11.6 Å². The molecule has 0 saturated carbocycles. The van der Waals surface area contributed by atoms with Crippen LogP contribution < -0.4 is 0 Å². The van der Waals surface area contributed by atoms with Crippen molar-refractivity contribution in [3.8, 4) is 0 Å². The Balaban J connectivity index is 1.82. The number of aromatic nitrogens is 1. The van der Waals surface area contributed by atoms with Gasteiger partial charge in [0, 0.05) is 17.6 Å². The lowest BCUT2D eigenvalue weighted by Gasteiger charge is -2.23. The number of nitrogens with zero attached hydrogens (tertiary/aromatic N) is 2. The molecule has 0 unspecified atom stereocenters. The molecule has 0 bridgehead atoms. The minimum absolute atomic E-state index is 0.0530. The van der Waals surface area contributed by atoms with Crippen LogP contribution in [-0.4, -0.2) is 33.4 Å². The number of pyridine rings is 1. The molecule has 0 radical (unpaired) electrons. The van der Waals surface area contributed by atoms with Gasteiger partial charge in [-0.3, -0.25) is 4.79 Å². The van der Waals surface area contributed by atoms with Crippen LogP contribution in [-0.2, 0) is 0 Å². The van der Waals surface area contributed by atoms with Crippen LogP contribution in [0.4, 0.5) is 0 Å². The van der Waals surface area contributed by atoms with Crippen LogP contribution >= 0.6 is 11.3 Å². The molecule has 1 amide bonds. The maximum absolute atomic E-state index is 12.6. The van der Waals surface area contributed by atoms with E-state index in [9.17, 15) is 9.59 Å². The first kappa shape index (κ1) is 13.8. The number of carboxylic acids is 1. The zero-order valence-corrected chi connectivity index (χ0v) is 12.0. The van der Waals surface area contributed by atoms with Crippen LogP contribution in [0, 0.1) is 0 Å². The molecule has 2 aromatic heterocycles. The highest BCUT2D eigenvalue weighted by atomic mass is 32.1. The summed E-state index contributed by atoms with van der Waals surface area (Å²) in [5, 5.41) is 10.8. The van der Waals surface area contributed by atoms with Gasteiger partial charge in [0.25, 0.3) is 5.91 Å². The summed E-state index contributed by atoms with van der Waals surface area (Å²) in [5.74, 6) is -1.18. The van der Waals surface area contributed by atoms with E-state index >= 15 is 0 Å². The van der Waals surface area contributed by atoms with E-state index < -0.39 is 5.97 Å². The van der Waals surface area contributed by atoms with Crippen molar-refractivity contribution in [2.75, 3.05) is 6.54 Å². The molecule has 5 nitrogen and oxygen atoms in total. The van der Waals surface area contributed by atoms with Gasteiger partial charge in [-0.2, -0.15) is 0 Å². The van der Waals surface area contributed by atoms with Crippen molar-refractivity contribution in [1.82, 2.24) is 9.88 Å². The summed E-state index contributed by atoms with van der Waals surface area (Å²) in [6, 6.07) is 7.06. The zero-order chi connectivity index (χ0) is 14.8. The summed E-state index contributed by atoms with van der Waals surface area (Å²) in [7, 11) is 0. The topological polar surface area (TPSA) is 70.5 Å². The first-order chi connectivity index (χ1) is 10.2. The largest absolute Gasteiger partial charge is 0.477 e. The van der Waals surface area contributed by atoms with Crippen LogP contribution in [0.15, 0.2) is 35.8 Å². The molecule has 1 saturated heterocycles. The second-order valence-corrected chi connectivity index (χ2v) is 5.89. The molecule has 108 valence electrons. The lowest BCUT2D eigenvalue weighted by Crippen LogP contribution is -2.30. The normalized spacial score (nSPS) is 17.9. The number of carbonyl (C=O) groups is 2. The average molecular weight is 302 g/mol. The minimum atomic E-state index is -1.09. The predicted molar refractivity (Wildman–Crippen MR) is 78.5 cm³/mol. The molecule has 1 aliphatic rings. The highest BCUT2D eigenvalue weighted by Gasteiger charge is 2.31. The third kappa shape index (κ3) is 2.67. The Bertz CT molecular complexity index is 652. The molecule has 3 heterocycles. The number of carboxylic acid groups (broad SMARTS) is 1. The molecule has 0 aliphatic carbocycles. The molecule has 0 aromatic carbocycles. The summed E-state index contributed by atoms with van der Waals surface area (Å²) in [6.07, 6.45) is 3.29. The Kier molecular flexibility index (Phi) is 3.70. The van der Waals surface area contributed by atoms with E-state index in [1.165, 1.54) is 23.2 Å². The molecule has 1 aliphatic heterocycles. The van der Waals surface area contributed by atoms with E-state index in [1.54, 1.807) is 11.3 Å². The number of rotatable bonds is 3. The van der Waals surface area contributed by atoms with Gasteiger partial charge < -0.3 is 10.0 Å². The van der Waals surface area contributed by atoms with E-state index in [1.807, 2.05) is 22.4 Å². The molecule has 6 heteroatoms. The van der Waals surface area contributed by atoms with Gasteiger partial charge in [0.15, 0.2) is 0 Å². The van der Waals surface area contributed by atoms with Gasteiger partial charge in [0.2, 0.25) is 0 Å². The van der Waals surface area contributed by atoms with Crippen LogP contribution in [0.1, 0.15) is 44.6 Å². The minimum Gasteiger partial charge on any atom is -0.477 e. The highest BCUT2D eigenvalue weighted by molar-refractivity contribution is 7.10. The zero-order valence-electron chi connectivity index (χ0n) is 11.2. The highest BCUT2D eigenvalue weighted by Crippen LogP contribution is 2.35. The predicted octanol–water partition coefficient (Wildman–Crippen LogP) is 2.82. The number of carbonyl (C=O) groups excluding carboxylic acids is 1. The molecule has 1 N–H and O–H groups in total. The van der Waals surface area contributed by atoms with E-state index in [2.05, 4.69) is 4.98 Å². The van der Waals surface area contributed by atoms with Gasteiger partial charge in [-0.15, -0.1) is 11.3 Å². The number of hydrogen-bond acceptors (Lipinski definition) is 4. The molecule has 0 spiro atoms. The molecule has 1 atom stereocenters. The Morgan fingerprint density at radius 1 is 1.33 bits per heavy atom. The van der Waals surface area contributed by atoms with Crippen molar-refractivity contribution in [3.05, 3.63) is 52.0 Å². The van der Waals surface area contributed by atoms with Gasteiger partial charge >= 0.3 is 5.97 Å². The van der Waals surface area contributed by atoms with E-state index in [0.717, 1.165) is 19.4 Å². The third-order valence-electron chi connectivity index (χ3n) is 3.61. The Morgan fingerprint density at radius 2 is 2.19 bits per heavy atom. The quantitative estimate of drug-likeness (QED) is 0.946. The lowest BCUT2D eigenvalue weighted by molar-refractivity contribution is 0.0686. The summed E-state index contributed by atoms with van der Waals surface area (Å²) >= 11 is 1.66. The molecule has 1 fully saturated rings. The Hall–Kier alpha value is -2.21. The van der Waals surface area contributed by atoms with Crippen LogP contribution in [0.3, 0.4) is 0 Å². The maximum atomic E-state index is 12.6. The molecule has 21 heavy (non-hydrogen) atoms. The molecule has 2 aromatic rings. The Morgan fingerprint density at radius 3 is 2.81 bits per heavy atom. The van der Waals surface area contributed by atoms with Gasteiger partial charge in [-0.05, 0) is 36.4 Å². The smallest absolute Gasteiger partial charge is 0.354 e. The van der Waals surface area contributed by atoms with Crippen LogP contribution in [0.2, 0.25) is 0 Å². The summed E-state index contributed by atoms with van der Waals surface area (Å²) in [5.41, 5.74) is 0.381. The Labute approximate surface area is 125 Å². The monoisotopic (exact) mass is 302 g/mol. The lowest BCUT2D eigenvalue weighted by atomic mass is 10.1.